The van der Waals surface area contributed by atoms with E-state index in [1.54, 1.807) is 18.2 Å². The van der Waals surface area contributed by atoms with Crippen LogP contribution in [0.5, 0.6) is 0 Å². The molecule has 100 valence electrons. The second-order valence-corrected chi connectivity index (χ2v) is 6.36. The molecule has 6 heteroatoms. The fourth-order valence-electron chi connectivity index (χ4n) is 1.58. The van der Waals surface area contributed by atoms with Gasteiger partial charge in [-0.25, -0.2) is 4.98 Å². The molecule has 0 aliphatic carbocycles. The minimum Gasteiger partial charge on any atom is -0.343 e. The molecule has 1 atom stereocenters. The van der Waals surface area contributed by atoms with E-state index in [0.29, 0.717) is 10.6 Å². The van der Waals surface area contributed by atoms with Crippen LogP contribution in [0.15, 0.2) is 28.1 Å². The lowest BCUT2D eigenvalue weighted by Crippen LogP contribution is -2.26. The van der Waals surface area contributed by atoms with Crippen molar-refractivity contribution in [2.45, 2.75) is 19.9 Å². The molecule has 1 aromatic heterocycles. The van der Waals surface area contributed by atoms with E-state index < -0.39 is 0 Å². The molecule has 1 N–H and O–H groups in total. The van der Waals surface area contributed by atoms with E-state index in [0.717, 1.165) is 15.2 Å². The highest BCUT2D eigenvalue weighted by Gasteiger charge is 2.16. The standard InChI is InChI=1S/C13H12BrClN2OS/c1-7-6-19-13(16-7)8(2)17-12(18)10-5-9(14)3-4-11(10)15/h3-6,8H,1-2H3,(H,17,18). The summed E-state index contributed by atoms with van der Waals surface area (Å²) in [4.78, 5) is 16.5. The SMILES string of the molecule is Cc1csc(C(C)NC(=O)c2cc(Br)ccc2Cl)n1. The van der Waals surface area contributed by atoms with Gasteiger partial charge < -0.3 is 5.32 Å². The molecule has 0 aliphatic rings. The van der Waals surface area contributed by atoms with E-state index in [4.69, 9.17) is 11.6 Å². The Kier molecular flexibility index (Phi) is 4.60. The van der Waals surface area contributed by atoms with Gasteiger partial charge in [-0.1, -0.05) is 27.5 Å². The van der Waals surface area contributed by atoms with Crippen LogP contribution in [0.25, 0.3) is 0 Å². The fraction of sp³-hybridized carbons (Fsp3) is 0.231. The zero-order chi connectivity index (χ0) is 14.0. The van der Waals surface area contributed by atoms with Gasteiger partial charge in [0.15, 0.2) is 0 Å². The Morgan fingerprint density at radius 2 is 2.26 bits per heavy atom. The maximum absolute atomic E-state index is 12.2. The molecule has 1 amide bonds. The predicted octanol–water partition coefficient (Wildman–Crippen LogP) is 4.36. The number of amides is 1. The molecule has 1 aromatic carbocycles. The Hall–Kier alpha value is -0.910. The molecule has 1 unspecified atom stereocenters. The third-order valence-electron chi connectivity index (χ3n) is 2.53. The van der Waals surface area contributed by atoms with Crippen LogP contribution in [0.2, 0.25) is 5.02 Å². The summed E-state index contributed by atoms with van der Waals surface area (Å²) in [7, 11) is 0. The molecular weight excluding hydrogens is 348 g/mol. The summed E-state index contributed by atoms with van der Waals surface area (Å²) in [6.45, 7) is 3.84. The number of carbonyl (C=O) groups is 1. The number of halogens is 2. The fourth-order valence-corrected chi connectivity index (χ4v) is 2.95. The molecule has 2 aromatic rings. The molecule has 0 saturated heterocycles. The van der Waals surface area contributed by atoms with Gasteiger partial charge in [0.05, 0.1) is 16.6 Å². The summed E-state index contributed by atoms with van der Waals surface area (Å²) >= 11 is 10.9. The molecule has 0 spiro atoms. The number of rotatable bonds is 3. The maximum atomic E-state index is 12.2. The van der Waals surface area contributed by atoms with Crippen molar-refractivity contribution in [2.24, 2.45) is 0 Å². The highest BCUT2D eigenvalue weighted by Crippen LogP contribution is 2.23. The number of benzene rings is 1. The number of aryl methyl sites for hydroxylation is 1. The average Bonchev–Trinajstić information content (AvgIpc) is 2.79. The summed E-state index contributed by atoms with van der Waals surface area (Å²) in [5, 5.41) is 6.18. The molecule has 3 nitrogen and oxygen atoms in total. The summed E-state index contributed by atoms with van der Waals surface area (Å²) < 4.78 is 0.819. The Morgan fingerprint density at radius 1 is 1.53 bits per heavy atom. The maximum Gasteiger partial charge on any atom is 0.253 e. The zero-order valence-corrected chi connectivity index (χ0v) is 13.6. The predicted molar refractivity (Wildman–Crippen MR) is 81.9 cm³/mol. The van der Waals surface area contributed by atoms with Gasteiger partial charge in [-0.05, 0) is 32.0 Å². The molecule has 0 aliphatic heterocycles. The largest absolute Gasteiger partial charge is 0.343 e. The number of aromatic nitrogens is 1. The van der Waals surface area contributed by atoms with E-state index >= 15 is 0 Å². The van der Waals surface area contributed by atoms with Crippen LogP contribution in [0.3, 0.4) is 0 Å². The third-order valence-corrected chi connectivity index (χ3v) is 4.50. The highest BCUT2D eigenvalue weighted by molar-refractivity contribution is 9.10. The smallest absolute Gasteiger partial charge is 0.253 e. The number of hydrogen-bond acceptors (Lipinski definition) is 3. The Balaban J connectivity index is 2.15. The minimum absolute atomic E-state index is 0.138. The Morgan fingerprint density at radius 3 is 2.89 bits per heavy atom. The molecule has 0 bridgehead atoms. The van der Waals surface area contributed by atoms with Crippen molar-refractivity contribution < 1.29 is 4.79 Å². The van der Waals surface area contributed by atoms with Gasteiger partial charge in [0.25, 0.3) is 5.91 Å². The van der Waals surface area contributed by atoms with Gasteiger partial charge in [0.1, 0.15) is 5.01 Å². The van der Waals surface area contributed by atoms with Crippen LogP contribution in [-0.2, 0) is 0 Å². The molecule has 19 heavy (non-hydrogen) atoms. The quantitative estimate of drug-likeness (QED) is 0.885. The van der Waals surface area contributed by atoms with Crippen LogP contribution in [0.4, 0.5) is 0 Å². The minimum atomic E-state index is -0.202. The van der Waals surface area contributed by atoms with E-state index in [1.165, 1.54) is 11.3 Å². The number of nitrogens with zero attached hydrogens (tertiary/aromatic N) is 1. The van der Waals surface area contributed by atoms with E-state index in [-0.39, 0.29) is 11.9 Å². The molecule has 1 heterocycles. The van der Waals surface area contributed by atoms with Gasteiger partial charge in [-0.15, -0.1) is 11.3 Å². The first-order chi connectivity index (χ1) is 8.97. The zero-order valence-electron chi connectivity index (χ0n) is 10.4. The van der Waals surface area contributed by atoms with Crippen molar-refractivity contribution in [3.8, 4) is 0 Å². The number of thiazole rings is 1. The van der Waals surface area contributed by atoms with Gasteiger partial charge in [-0.2, -0.15) is 0 Å². The van der Waals surface area contributed by atoms with E-state index in [1.807, 2.05) is 19.2 Å². The summed E-state index contributed by atoms with van der Waals surface area (Å²) in [6, 6.07) is 5.06. The molecular formula is C13H12BrClN2OS. The lowest BCUT2D eigenvalue weighted by molar-refractivity contribution is 0.0940. The van der Waals surface area contributed by atoms with E-state index in [9.17, 15) is 4.79 Å². The van der Waals surface area contributed by atoms with E-state index in [2.05, 4.69) is 26.2 Å². The third kappa shape index (κ3) is 3.55. The average molecular weight is 360 g/mol. The molecule has 0 fully saturated rings. The first-order valence-corrected chi connectivity index (χ1v) is 7.70. The Labute approximate surface area is 129 Å². The number of hydrogen-bond donors (Lipinski definition) is 1. The van der Waals surface area contributed by atoms with Crippen molar-refractivity contribution in [1.29, 1.82) is 0 Å². The van der Waals surface area contributed by atoms with Crippen molar-refractivity contribution in [2.75, 3.05) is 0 Å². The van der Waals surface area contributed by atoms with Gasteiger partial charge >= 0.3 is 0 Å². The van der Waals surface area contributed by atoms with Crippen LogP contribution < -0.4 is 5.32 Å². The molecule has 0 radical (unpaired) electrons. The highest BCUT2D eigenvalue weighted by atomic mass is 79.9. The molecule has 0 saturated carbocycles. The Bertz CT molecular complexity index is 614. The van der Waals surface area contributed by atoms with Gasteiger partial charge in [0, 0.05) is 15.5 Å². The van der Waals surface area contributed by atoms with Gasteiger partial charge in [-0.3, -0.25) is 4.79 Å². The van der Waals surface area contributed by atoms with Crippen molar-refractivity contribution in [3.63, 3.8) is 0 Å². The van der Waals surface area contributed by atoms with Gasteiger partial charge in [0.2, 0.25) is 0 Å². The normalized spacial score (nSPS) is 12.2. The second-order valence-electron chi connectivity index (χ2n) is 4.15. The topological polar surface area (TPSA) is 42.0 Å². The lowest BCUT2D eigenvalue weighted by atomic mass is 10.2. The summed E-state index contributed by atoms with van der Waals surface area (Å²) in [5.41, 5.74) is 1.41. The summed E-state index contributed by atoms with van der Waals surface area (Å²) in [5.74, 6) is -0.202. The number of carbonyl (C=O) groups excluding carboxylic acids is 1. The first kappa shape index (κ1) is 14.5. The lowest BCUT2D eigenvalue weighted by Gasteiger charge is -2.12. The van der Waals surface area contributed by atoms with Crippen LogP contribution in [0.1, 0.15) is 34.0 Å². The first-order valence-electron chi connectivity index (χ1n) is 5.65. The summed E-state index contributed by atoms with van der Waals surface area (Å²) in [6.07, 6.45) is 0. The van der Waals surface area contributed by atoms with Crippen molar-refractivity contribution >= 4 is 44.8 Å². The van der Waals surface area contributed by atoms with Crippen molar-refractivity contribution in [3.05, 3.63) is 49.3 Å². The number of nitrogens with one attached hydrogen (secondary N) is 1. The molecule has 2 rings (SSSR count). The second kappa shape index (κ2) is 6.03. The van der Waals surface area contributed by atoms with Crippen LogP contribution in [0, 0.1) is 6.92 Å². The van der Waals surface area contributed by atoms with Crippen LogP contribution >= 0.6 is 38.9 Å². The van der Waals surface area contributed by atoms with Crippen LogP contribution in [-0.4, -0.2) is 10.9 Å². The monoisotopic (exact) mass is 358 g/mol. The van der Waals surface area contributed by atoms with Crippen molar-refractivity contribution in [1.82, 2.24) is 10.3 Å².